The molecule has 27 heavy (non-hydrogen) atoms. The predicted molar refractivity (Wildman–Crippen MR) is 99.9 cm³/mol. The lowest BCUT2D eigenvalue weighted by molar-refractivity contribution is -0.138. The third-order valence-electron chi connectivity index (χ3n) is 5.51. The average molecular weight is 372 g/mol. The van der Waals surface area contributed by atoms with Crippen molar-refractivity contribution in [3.63, 3.8) is 0 Å². The number of piperidine rings is 1. The Morgan fingerprint density at radius 1 is 1.22 bits per heavy atom. The summed E-state index contributed by atoms with van der Waals surface area (Å²) in [5.41, 5.74) is 0. The van der Waals surface area contributed by atoms with Crippen molar-refractivity contribution in [3.05, 3.63) is 42.6 Å². The van der Waals surface area contributed by atoms with Crippen molar-refractivity contribution in [3.8, 4) is 0 Å². The lowest BCUT2D eigenvalue weighted by Crippen LogP contribution is -2.45. The summed E-state index contributed by atoms with van der Waals surface area (Å²) in [6, 6.07) is 5.84. The molecule has 2 aliphatic heterocycles. The monoisotopic (exact) mass is 372 g/mol. The van der Waals surface area contributed by atoms with Crippen LogP contribution in [0.25, 0.3) is 0 Å². The maximum Gasteiger partial charge on any atom is 0.225 e. The van der Waals surface area contributed by atoms with E-state index in [-0.39, 0.29) is 12.0 Å². The van der Waals surface area contributed by atoms with E-state index in [2.05, 4.69) is 10.00 Å². The molecule has 2 saturated heterocycles. The van der Waals surface area contributed by atoms with Gasteiger partial charge in [0.2, 0.25) is 5.91 Å². The average Bonchev–Trinajstić information content (AvgIpc) is 3.33. The molecule has 1 amide bonds. The van der Waals surface area contributed by atoms with Gasteiger partial charge in [-0.15, -0.1) is 0 Å². The fraction of sp³-hybridized carbons (Fsp3) is 0.600. The second-order valence-corrected chi connectivity index (χ2v) is 7.49. The fourth-order valence-electron chi connectivity index (χ4n) is 4.04. The van der Waals surface area contributed by atoms with Crippen LogP contribution in [-0.2, 0) is 22.6 Å². The molecule has 7 nitrogen and oxygen atoms in total. The van der Waals surface area contributed by atoms with Crippen LogP contribution in [0.2, 0.25) is 0 Å². The Bertz CT molecular complexity index is 693. The summed E-state index contributed by atoms with van der Waals surface area (Å²) >= 11 is 0. The van der Waals surface area contributed by atoms with Gasteiger partial charge in [-0.05, 0) is 50.6 Å². The van der Waals surface area contributed by atoms with Crippen molar-refractivity contribution >= 4 is 5.91 Å². The summed E-state index contributed by atoms with van der Waals surface area (Å²) in [6.45, 7) is 5.57. The van der Waals surface area contributed by atoms with E-state index in [1.807, 2.05) is 34.0 Å². The first-order chi connectivity index (χ1) is 13.3. The first-order valence-electron chi connectivity index (χ1n) is 9.90. The van der Waals surface area contributed by atoms with Gasteiger partial charge in [0.25, 0.3) is 0 Å². The molecule has 2 aliphatic rings. The number of amides is 1. The third kappa shape index (κ3) is 4.78. The molecule has 2 aromatic rings. The molecule has 0 saturated carbocycles. The standard InChI is InChI=1S/C20H28N4O3/c25-20(17-5-10-22(11-6-17)14-18-4-1-12-26-18)23-8-3-13-27-19(15-23)16-24-9-2-7-21-24/h1-2,4,7,9,12,17,19H,3,5-6,8,10-11,13-16H2/t19-/m1/s1. The van der Waals surface area contributed by atoms with E-state index in [1.165, 1.54) is 0 Å². The van der Waals surface area contributed by atoms with Crippen LogP contribution in [0.4, 0.5) is 0 Å². The lowest BCUT2D eigenvalue weighted by Gasteiger charge is -2.34. The zero-order chi connectivity index (χ0) is 18.5. The van der Waals surface area contributed by atoms with Crippen LogP contribution in [0.15, 0.2) is 41.3 Å². The summed E-state index contributed by atoms with van der Waals surface area (Å²) in [7, 11) is 0. The summed E-state index contributed by atoms with van der Waals surface area (Å²) < 4.78 is 13.3. The Labute approximate surface area is 159 Å². The number of furan rings is 1. The molecule has 0 aromatic carbocycles. The van der Waals surface area contributed by atoms with E-state index in [1.54, 1.807) is 12.5 Å². The maximum absolute atomic E-state index is 13.1. The Hall–Kier alpha value is -2.12. The van der Waals surface area contributed by atoms with Gasteiger partial charge in [-0.3, -0.25) is 14.4 Å². The second-order valence-electron chi connectivity index (χ2n) is 7.49. The number of carbonyl (C=O) groups is 1. The molecule has 4 heterocycles. The van der Waals surface area contributed by atoms with Gasteiger partial charge in [-0.1, -0.05) is 0 Å². The molecule has 4 rings (SSSR count). The summed E-state index contributed by atoms with van der Waals surface area (Å²) in [5, 5.41) is 4.26. The Morgan fingerprint density at radius 3 is 2.85 bits per heavy atom. The first-order valence-corrected chi connectivity index (χ1v) is 9.90. The third-order valence-corrected chi connectivity index (χ3v) is 5.51. The largest absolute Gasteiger partial charge is 0.468 e. The van der Waals surface area contributed by atoms with Crippen molar-refractivity contribution < 1.29 is 13.9 Å². The van der Waals surface area contributed by atoms with Crippen molar-refractivity contribution in [2.24, 2.45) is 5.92 Å². The van der Waals surface area contributed by atoms with Crippen molar-refractivity contribution in [1.29, 1.82) is 0 Å². The normalized spacial score (nSPS) is 22.7. The number of nitrogens with zero attached hydrogens (tertiary/aromatic N) is 4. The van der Waals surface area contributed by atoms with Gasteiger partial charge in [0.1, 0.15) is 5.76 Å². The highest BCUT2D eigenvalue weighted by Gasteiger charge is 2.31. The van der Waals surface area contributed by atoms with E-state index in [4.69, 9.17) is 9.15 Å². The number of carbonyl (C=O) groups excluding carboxylic acids is 1. The smallest absolute Gasteiger partial charge is 0.225 e. The van der Waals surface area contributed by atoms with Gasteiger partial charge in [0.05, 0.1) is 25.5 Å². The number of aromatic nitrogens is 2. The highest BCUT2D eigenvalue weighted by molar-refractivity contribution is 5.79. The molecule has 0 N–H and O–H groups in total. The van der Waals surface area contributed by atoms with Crippen molar-refractivity contribution in [2.75, 3.05) is 32.8 Å². The zero-order valence-electron chi connectivity index (χ0n) is 15.7. The van der Waals surface area contributed by atoms with Crippen molar-refractivity contribution in [2.45, 2.75) is 38.5 Å². The van der Waals surface area contributed by atoms with E-state index in [9.17, 15) is 4.79 Å². The van der Waals surface area contributed by atoms with Crippen LogP contribution >= 0.6 is 0 Å². The van der Waals surface area contributed by atoms with E-state index in [0.717, 1.165) is 51.2 Å². The maximum atomic E-state index is 13.1. The Kier molecular flexibility index (Phi) is 5.89. The molecule has 0 radical (unpaired) electrons. The van der Waals surface area contributed by atoms with Gasteiger partial charge in [0, 0.05) is 38.0 Å². The molecule has 2 fully saturated rings. The minimum atomic E-state index is 0.00962. The molecule has 146 valence electrons. The summed E-state index contributed by atoms with van der Waals surface area (Å²) in [6.07, 6.45) is 8.17. The molecular weight excluding hydrogens is 344 g/mol. The van der Waals surface area contributed by atoms with Gasteiger partial charge in [-0.2, -0.15) is 5.10 Å². The van der Waals surface area contributed by atoms with Crippen LogP contribution in [-0.4, -0.2) is 64.4 Å². The Morgan fingerprint density at radius 2 is 2.11 bits per heavy atom. The van der Waals surface area contributed by atoms with Crippen LogP contribution in [0, 0.1) is 5.92 Å². The molecule has 2 aromatic heterocycles. The van der Waals surface area contributed by atoms with E-state index < -0.39 is 0 Å². The fourth-order valence-corrected chi connectivity index (χ4v) is 4.04. The highest BCUT2D eigenvalue weighted by atomic mass is 16.5. The number of likely N-dealkylation sites (tertiary alicyclic amines) is 1. The second kappa shape index (κ2) is 8.71. The van der Waals surface area contributed by atoms with E-state index >= 15 is 0 Å². The zero-order valence-corrected chi connectivity index (χ0v) is 15.7. The minimum absolute atomic E-state index is 0.00962. The van der Waals surface area contributed by atoms with Crippen LogP contribution in [0.5, 0.6) is 0 Å². The molecular formula is C20H28N4O3. The van der Waals surface area contributed by atoms with Gasteiger partial charge >= 0.3 is 0 Å². The summed E-state index contributed by atoms with van der Waals surface area (Å²) in [4.78, 5) is 17.5. The predicted octanol–water partition coefficient (Wildman–Crippen LogP) is 2.01. The highest BCUT2D eigenvalue weighted by Crippen LogP contribution is 2.22. The lowest BCUT2D eigenvalue weighted by atomic mass is 9.95. The molecule has 0 spiro atoms. The quantitative estimate of drug-likeness (QED) is 0.803. The van der Waals surface area contributed by atoms with Gasteiger partial charge in [-0.25, -0.2) is 0 Å². The number of rotatable bonds is 5. The SMILES string of the molecule is O=C(C1CCN(Cc2ccco2)CC1)N1CCCO[C@@H](Cn2cccn2)C1. The molecule has 0 unspecified atom stereocenters. The van der Waals surface area contributed by atoms with Gasteiger partial charge < -0.3 is 14.1 Å². The first kappa shape index (κ1) is 18.3. The minimum Gasteiger partial charge on any atom is -0.468 e. The number of ether oxygens (including phenoxy) is 1. The molecule has 0 bridgehead atoms. The molecule has 1 atom stereocenters. The van der Waals surface area contributed by atoms with Crippen LogP contribution < -0.4 is 0 Å². The van der Waals surface area contributed by atoms with Crippen LogP contribution in [0.1, 0.15) is 25.0 Å². The molecule has 0 aliphatic carbocycles. The van der Waals surface area contributed by atoms with E-state index in [0.29, 0.717) is 25.6 Å². The number of hydrogen-bond donors (Lipinski definition) is 0. The van der Waals surface area contributed by atoms with Gasteiger partial charge in [0.15, 0.2) is 0 Å². The van der Waals surface area contributed by atoms with Crippen molar-refractivity contribution in [1.82, 2.24) is 19.6 Å². The molecule has 7 heteroatoms. The van der Waals surface area contributed by atoms with Crippen LogP contribution in [0.3, 0.4) is 0 Å². The summed E-state index contributed by atoms with van der Waals surface area (Å²) in [5.74, 6) is 1.41. The Balaban J connectivity index is 1.29. The number of hydrogen-bond acceptors (Lipinski definition) is 5. The topological polar surface area (TPSA) is 63.7 Å².